The van der Waals surface area contributed by atoms with Crippen LogP contribution < -0.4 is 14.5 Å². The molecular weight excluding hydrogens is 368 g/mol. The van der Waals surface area contributed by atoms with Crippen LogP contribution in [0, 0.1) is 0 Å². The number of quaternary nitrogens is 2. The van der Waals surface area contributed by atoms with Gasteiger partial charge in [-0.15, -0.1) is 0 Å². The second-order valence-electron chi connectivity index (χ2n) is 8.44. The molecule has 3 aromatic carbocycles. The van der Waals surface area contributed by atoms with Gasteiger partial charge in [-0.3, -0.25) is 0 Å². The highest BCUT2D eigenvalue weighted by Crippen LogP contribution is 2.21. The first-order chi connectivity index (χ1) is 14.8. The highest BCUT2D eigenvalue weighted by molar-refractivity contribution is 5.33. The van der Waals surface area contributed by atoms with E-state index in [9.17, 15) is 0 Å². The topological polar surface area (TPSA) is 18.1 Å². The molecule has 0 aromatic heterocycles. The molecule has 0 bridgehead atoms. The summed E-state index contributed by atoms with van der Waals surface area (Å²) in [7, 11) is 0. The summed E-state index contributed by atoms with van der Waals surface area (Å²) in [6.45, 7) is 8.28. The molecule has 1 heterocycles. The van der Waals surface area contributed by atoms with Gasteiger partial charge in [-0.05, 0) is 31.2 Å². The molecule has 2 N–H and O–H groups in total. The van der Waals surface area contributed by atoms with Crippen LogP contribution in [0.3, 0.4) is 0 Å². The Morgan fingerprint density at radius 3 is 2.13 bits per heavy atom. The van der Waals surface area contributed by atoms with Crippen molar-refractivity contribution in [2.75, 3.05) is 19.6 Å². The molecule has 4 rings (SSSR count). The number of nitrogens with one attached hydrogen (secondary N) is 2. The van der Waals surface area contributed by atoms with E-state index in [1.807, 2.05) is 36.4 Å². The molecule has 30 heavy (non-hydrogen) atoms. The van der Waals surface area contributed by atoms with Crippen LogP contribution in [-0.2, 0) is 13.1 Å². The highest BCUT2D eigenvalue weighted by atomic mass is 16.5. The van der Waals surface area contributed by atoms with E-state index in [0.717, 1.165) is 30.6 Å². The van der Waals surface area contributed by atoms with Crippen LogP contribution in [0.5, 0.6) is 11.5 Å². The monoisotopic (exact) mass is 402 g/mol. The third kappa shape index (κ3) is 5.71. The smallest absolute Gasteiger partial charge is 0.127 e. The maximum absolute atomic E-state index is 6.02. The van der Waals surface area contributed by atoms with Crippen molar-refractivity contribution in [3.05, 3.63) is 96.1 Å². The van der Waals surface area contributed by atoms with Crippen LogP contribution in [0.2, 0.25) is 0 Å². The Labute approximate surface area is 180 Å². The Hall–Kier alpha value is -2.62. The lowest BCUT2D eigenvalue weighted by molar-refractivity contribution is -0.969. The van der Waals surface area contributed by atoms with Crippen LogP contribution in [0.1, 0.15) is 30.9 Å². The predicted molar refractivity (Wildman–Crippen MR) is 122 cm³/mol. The summed E-state index contributed by atoms with van der Waals surface area (Å²) in [5, 5.41) is 0. The summed E-state index contributed by atoms with van der Waals surface area (Å²) in [5.41, 5.74) is 2.82. The number of benzene rings is 3. The van der Waals surface area contributed by atoms with E-state index in [4.69, 9.17) is 4.74 Å². The van der Waals surface area contributed by atoms with Crippen LogP contribution >= 0.6 is 0 Å². The van der Waals surface area contributed by atoms with Gasteiger partial charge in [0.1, 0.15) is 24.6 Å². The van der Waals surface area contributed by atoms with Gasteiger partial charge < -0.3 is 14.5 Å². The zero-order valence-corrected chi connectivity index (χ0v) is 18.0. The molecule has 1 fully saturated rings. The average Bonchev–Trinajstić information content (AvgIpc) is 2.80. The van der Waals surface area contributed by atoms with E-state index >= 15 is 0 Å². The maximum Gasteiger partial charge on any atom is 0.127 e. The lowest BCUT2D eigenvalue weighted by Crippen LogP contribution is -3.19. The Bertz CT molecular complexity index is 889. The summed E-state index contributed by atoms with van der Waals surface area (Å²) in [6.07, 6.45) is 2.62. The van der Waals surface area contributed by atoms with Gasteiger partial charge in [-0.1, -0.05) is 60.7 Å². The lowest BCUT2D eigenvalue weighted by atomic mass is 10.0. The second-order valence-corrected chi connectivity index (χ2v) is 8.44. The van der Waals surface area contributed by atoms with Crippen molar-refractivity contribution in [3.63, 3.8) is 0 Å². The van der Waals surface area contributed by atoms with E-state index in [2.05, 4.69) is 55.5 Å². The van der Waals surface area contributed by atoms with E-state index < -0.39 is 0 Å². The molecule has 1 unspecified atom stereocenters. The first-order valence-electron chi connectivity index (χ1n) is 11.3. The molecule has 1 atom stereocenters. The summed E-state index contributed by atoms with van der Waals surface area (Å²) in [4.78, 5) is 3.43. The van der Waals surface area contributed by atoms with E-state index in [1.54, 1.807) is 9.80 Å². The average molecular weight is 403 g/mol. The zero-order chi connectivity index (χ0) is 20.6. The number of hydrogen-bond acceptors (Lipinski definition) is 1. The number of para-hydroxylation sites is 1. The summed E-state index contributed by atoms with van der Waals surface area (Å²) in [5.74, 6) is 1.82. The van der Waals surface area contributed by atoms with Crippen molar-refractivity contribution in [1.29, 1.82) is 0 Å². The van der Waals surface area contributed by atoms with Gasteiger partial charge in [0.15, 0.2) is 0 Å². The van der Waals surface area contributed by atoms with Crippen LogP contribution in [-0.4, -0.2) is 25.7 Å². The number of hydrogen-bond donors (Lipinski definition) is 2. The lowest BCUT2D eigenvalue weighted by Gasteiger charge is -2.34. The minimum absolute atomic E-state index is 0.784. The molecule has 3 aromatic rings. The molecule has 1 aliphatic rings. The van der Waals surface area contributed by atoms with Crippen LogP contribution in [0.4, 0.5) is 0 Å². The van der Waals surface area contributed by atoms with Gasteiger partial charge in [-0.25, -0.2) is 0 Å². The Morgan fingerprint density at radius 2 is 1.43 bits per heavy atom. The third-order valence-corrected chi connectivity index (χ3v) is 6.33. The largest absolute Gasteiger partial charge is 0.457 e. The highest BCUT2D eigenvalue weighted by Gasteiger charge is 2.29. The van der Waals surface area contributed by atoms with Crippen molar-refractivity contribution in [2.45, 2.75) is 38.9 Å². The molecule has 0 radical (unpaired) electrons. The van der Waals surface area contributed by atoms with Gasteiger partial charge in [-0.2, -0.15) is 0 Å². The minimum Gasteiger partial charge on any atom is -0.457 e. The molecule has 1 aliphatic heterocycles. The predicted octanol–water partition coefficient (Wildman–Crippen LogP) is 3.13. The summed E-state index contributed by atoms with van der Waals surface area (Å²) < 4.78 is 6.02. The quantitative estimate of drug-likeness (QED) is 0.592. The molecule has 1 saturated heterocycles. The van der Waals surface area contributed by atoms with Gasteiger partial charge in [0.05, 0.1) is 25.7 Å². The van der Waals surface area contributed by atoms with Crippen LogP contribution in [0.25, 0.3) is 0 Å². The molecule has 0 saturated carbocycles. The van der Waals surface area contributed by atoms with E-state index in [0.29, 0.717) is 0 Å². The fourth-order valence-electron chi connectivity index (χ4n) is 4.66. The number of likely N-dealkylation sites (tertiary alicyclic amines) is 1. The van der Waals surface area contributed by atoms with E-state index in [-0.39, 0.29) is 0 Å². The molecule has 3 nitrogen and oxygen atoms in total. The van der Waals surface area contributed by atoms with Crippen molar-refractivity contribution in [2.24, 2.45) is 0 Å². The van der Waals surface area contributed by atoms with Gasteiger partial charge >= 0.3 is 0 Å². The molecule has 0 spiro atoms. The summed E-state index contributed by atoms with van der Waals surface area (Å²) >= 11 is 0. The zero-order valence-electron chi connectivity index (χ0n) is 18.0. The Kier molecular flexibility index (Phi) is 7.17. The second kappa shape index (κ2) is 10.4. The van der Waals surface area contributed by atoms with Crippen LogP contribution in [0.15, 0.2) is 84.9 Å². The first kappa shape index (κ1) is 20.6. The Morgan fingerprint density at radius 1 is 0.800 bits per heavy atom. The maximum atomic E-state index is 6.02. The van der Waals surface area contributed by atoms with Gasteiger partial charge in [0, 0.05) is 24.0 Å². The number of piperidine rings is 1. The first-order valence-corrected chi connectivity index (χ1v) is 11.3. The number of ether oxygens (including phenoxy) is 1. The SMILES string of the molecule is CC[NH+](Cc1ccccc1)C1CC[NH+](Cc2cccc(Oc3ccccc3)c2)CC1. The molecule has 156 valence electrons. The third-order valence-electron chi connectivity index (χ3n) is 6.33. The Balaban J connectivity index is 1.30. The molecule has 0 amide bonds. The number of rotatable bonds is 8. The molecule has 0 aliphatic carbocycles. The minimum atomic E-state index is 0.784. The fourth-order valence-corrected chi connectivity index (χ4v) is 4.66. The van der Waals surface area contributed by atoms with Crippen molar-refractivity contribution < 1.29 is 14.5 Å². The van der Waals surface area contributed by atoms with Gasteiger partial charge in [0.2, 0.25) is 0 Å². The van der Waals surface area contributed by atoms with Crippen molar-refractivity contribution in [1.82, 2.24) is 0 Å². The summed E-state index contributed by atoms with van der Waals surface area (Å²) in [6, 6.07) is 30.4. The standard InChI is InChI=1S/C27H32N2O/c1-2-29(22-23-10-5-3-6-11-23)25-16-18-28(19-17-25)21-24-12-9-15-27(20-24)30-26-13-7-4-8-14-26/h3-15,20,25H,2,16-19,21-22H2,1H3/p+2. The van der Waals surface area contributed by atoms with E-state index in [1.165, 1.54) is 43.6 Å². The van der Waals surface area contributed by atoms with Crippen molar-refractivity contribution >= 4 is 0 Å². The fraction of sp³-hybridized carbons (Fsp3) is 0.333. The van der Waals surface area contributed by atoms with Crippen molar-refractivity contribution in [3.8, 4) is 11.5 Å². The molecular formula is C27H34N2O+2. The normalized spacial score (nSPS) is 19.9. The molecule has 3 heteroatoms. The van der Waals surface area contributed by atoms with Gasteiger partial charge in [0.25, 0.3) is 0 Å².